The van der Waals surface area contributed by atoms with E-state index in [1.165, 1.54) is 71.1 Å². The summed E-state index contributed by atoms with van der Waals surface area (Å²) >= 11 is 0. The second kappa shape index (κ2) is 6.19. The van der Waals surface area contributed by atoms with E-state index in [1.807, 2.05) is 0 Å². The Morgan fingerprint density at radius 1 is 1.12 bits per heavy atom. The summed E-state index contributed by atoms with van der Waals surface area (Å²) in [6.45, 7) is 9.85. The Morgan fingerprint density at radius 2 is 1.82 bits per heavy atom. The topological polar surface area (TPSA) is 15.3 Å². The van der Waals surface area contributed by atoms with Crippen LogP contribution in [-0.4, -0.2) is 36.6 Å². The predicted octanol–water partition coefficient (Wildman–Crippen LogP) is 3.03. The highest BCUT2D eigenvalue weighted by Crippen LogP contribution is 2.27. The Labute approximate surface area is 107 Å². The van der Waals surface area contributed by atoms with E-state index in [2.05, 4.69) is 24.1 Å². The molecule has 1 saturated heterocycles. The third-order valence-corrected chi connectivity index (χ3v) is 5.02. The summed E-state index contributed by atoms with van der Waals surface area (Å²) in [5, 5.41) is 3.81. The molecule has 1 N–H and O–H groups in total. The molecule has 17 heavy (non-hydrogen) atoms. The van der Waals surface area contributed by atoms with Crippen LogP contribution < -0.4 is 5.32 Å². The van der Waals surface area contributed by atoms with Crippen molar-refractivity contribution in [2.75, 3.05) is 26.2 Å². The van der Waals surface area contributed by atoms with E-state index in [4.69, 9.17) is 0 Å². The Morgan fingerprint density at radius 3 is 2.47 bits per heavy atom. The second-order valence-corrected chi connectivity index (χ2v) is 6.15. The van der Waals surface area contributed by atoms with Crippen LogP contribution in [0.4, 0.5) is 0 Å². The molecule has 0 spiro atoms. The standard InChI is InChI=1S/C15H30N2/c1-3-15(4-2)13-17(11-7-10-16-15)12-14-8-5-6-9-14/h14,16H,3-13H2,1-2H3. The van der Waals surface area contributed by atoms with Crippen molar-refractivity contribution in [3.8, 4) is 0 Å². The summed E-state index contributed by atoms with van der Waals surface area (Å²) in [4.78, 5) is 2.75. The van der Waals surface area contributed by atoms with Gasteiger partial charge in [0.1, 0.15) is 0 Å². The molecule has 0 atom stereocenters. The van der Waals surface area contributed by atoms with Crippen LogP contribution in [0.25, 0.3) is 0 Å². The lowest BCUT2D eigenvalue weighted by molar-refractivity contribution is 0.175. The van der Waals surface area contributed by atoms with Gasteiger partial charge in [0.25, 0.3) is 0 Å². The zero-order valence-electron chi connectivity index (χ0n) is 11.8. The van der Waals surface area contributed by atoms with Crippen LogP contribution in [-0.2, 0) is 0 Å². The zero-order valence-corrected chi connectivity index (χ0v) is 11.8. The molecule has 0 amide bonds. The van der Waals surface area contributed by atoms with Gasteiger partial charge in [-0.1, -0.05) is 26.7 Å². The molecule has 0 aromatic rings. The first-order valence-electron chi connectivity index (χ1n) is 7.75. The maximum atomic E-state index is 3.81. The minimum absolute atomic E-state index is 0.398. The lowest BCUT2D eigenvalue weighted by Crippen LogP contribution is -2.51. The van der Waals surface area contributed by atoms with E-state index in [1.54, 1.807) is 0 Å². The van der Waals surface area contributed by atoms with Crippen LogP contribution in [0.3, 0.4) is 0 Å². The smallest absolute Gasteiger partial charge is 0.0303 e. The van der Waals surface area contributed by atoms with Gasteiger partial charge in [0.05, 0.1) is 0 Å². The number of nitrogens with one attached hydrogen (secondary N) is 1. The van der Waals surface area contributed by atoms with Crippen molar-refractivity contribution in [1.82, 2.24) is 10.2 Å². The van der Waals surface area contributed by atoms with Crippen molar-refractivity contribution in [3.63, 3.8) is 0 Å². The quantitative estimate of drug-likeness (QED) is 0.810. The third kappa shape index (κ3) is 3.45. The van der Waals surface area contributed by atoms with Gasteiger partial charge in [-0.15, -0.1) is 0 Å². The normalized spacial score (nSPS) is 27.2. The molecule has 0 radical (unpaired) electrons. The van der Waals surface area contributed by atoms with E-state index >= 15 is 0 Å². The fourth-order valence-corrected chi connectivity index (χ4v) is 3.66. The van der Waals surface area contributed by atoms with Gasteiger partial charge < -0.3 is 10.2 Å². The van der Waals surface area contributed by atoms with Gasteiger partial charge in [0, 0.05) is 18.6 Å². The van der Waals surface area contributed by atoms with E-state index in [0.717, 1.165) is 5.92 Å². The molecular formula is C15H30N2. The molecule has 2 aliphatic rings. The maximum absolute atomic E-state index is 3.81. The number of hydrogen-bond acceptors (Lipinski definition) is 2. The molecule has 100 valence electrons. The van der Waals surface area contributed by atoms with Gasteiger partial charge in [-0.3, -0.25) is 0 Å². The van der Waals surface area contributed by atoms with Crippen molar-refractivity contribution in [1.29, 1.82) is 0 Å². The molecule has 0 aromatic heterocycles. The van der Waals surface area contributed by atoms with E-state index < -0.39 is 0 Å². The first-order valence-corrected chi connectivity index (χ1v) is 7.75. The predicted molar refractivity (Wildman–Crippen MR) is 74.3 cm³/mol. The van der Waals surface area contributed by atoms with Crippen molar-refractivity contribution in [2.24, 2.45) is 5.92 Å². The minimum Gasteiger partial charge on any atom is -0.310 e. The maximum Gasteiger partial charge on any atom is 0.0303 e. The highest BCUT2D eigenvalue weighted by molar-refractivity contribution is 4.91. The first kappa shape index (κ1) is 13.4. The molecule has 2 rings (SSSR count). The Balaban J connectivity index is 1.91. The average Bonchev–Trinajstić information content (AvgIpc) is 2.76. The molecule has 1 saturated carbocycles. The van der Waals surface area contributed by atoms with Gasteiger partial charge in [0.2, 0.25) is 0 Å². The fraction of sp³-hybridized carbons (Fsp3) is 1.00. The molecule has 0 aromatic carbocycles. The Kier molecular flexibility index (Phi) is 4.87. The average molecular weight is 238 g/mol. The molecule has 2 fully saturated rings. The van der Waals surface area contributed by atoms with Crippen LogP contribution >= 0.6 is 0 Å². The van der Waals surface area contributed by atoms with Crippen molar-refractivity contribution < 1.29 is 0 Å². The van der Waals surface area contributed by atoms with E-state index in [0.29, 0.717) is 5.54 Å². The Bertz CT molecular complexity index is 217. The highest BCUT2D eigenvalue weighted by atomic mass is 15.2. The fourth-order valence-electron chi connectivity index (χ4n) is 3.66. The van der Waals surface area contributed by atoms with E-state index in [-0.39, 0.29) is 0 Å². The molecular weight excluding hydrogens is 208 g/mol. The Hall–Kier alpha value is -0.0800. The summed E-state index contributed by atoms with van der Waals surface area (Å²) in [5.74, 6) is 1.000. The van der Waals surface area contributed by atoms with Gasteiger partial charge in [-0.25, -0.2) is 0 Å². The van der Waals surface area contributed by atoms with E-state index in [9.17, 15) is 0 Å². The molecule has 1 aliphatic heterocycles. The van der Waals surface area contributed by atoms with Crippen molar-refractivity contribution in [2.45, 2.75) is 64.3 Å². The van der Waals surface area contributed by atoms with Crippen LogP contribution in [0.5, 0.6) is 0 Å². The van der Waals surface area contributed by atoms with Crippen molar-refractivity contribution in [3.05, 3.63) is 0 Å². The number of rotatable bonds is 4. The van der Waals surface area contributed by atoms with Gasteiger partial charge in [-0.2, -0.15) is 0 Å². The van der Waals surface area contributed by atoms with Gasteiger partial charge in [0.15, 0.2) is 0 Å². The van der Waals surface area contributed by atoms with Crippen LogP contribution in [0, 0.1) is 5.92 Å². The van der Waals surface area contributed by atoms with Gasteiger partial charge in [-0.05, 0) is 51.1 Å². The largest absolute Gasteiger partial charge is 0.310 e. The second-order valence-electron chi connectivity index (χ2n) is 6.15. The molecule has 0 unspecified atom stereocenters. The highest BCUT2D eigenvalue weighted by Gasteiger charge is 2.31. The lowest BCUT2D eigenvalue weighted by Gasteiger charge is -2.36. The first-order chi connectivity index (χ1) is 8.28. The summed E-state index contributed by atoms with van der Waals surface area (Å²) < 4.78 is 0. The summed E-state index contributed by atoms with van der Waals surface area (Å²) in [7, 11) is 0. The van der Waals surface area contributed by atoms with Crippen LogP contribution in [0.15, 0.2) is 0 Å². The molecule has 0 bridgehead atoms. The SMILES string of the molecule is CCC1(CC)CN(CC2CCCC2)CCCN1. The summed E-state index contributed by atoms with van der Waals surface area (Å²) in [6, 6.07) is 0. The van der Waals surface area contributed by atoms with Gasteiger partial charge >= 0.3 is 0 Å². The molecule has 2 nitrogen and oxygen atoms in total. The summed E-state index contributed by atoms with van der Waals surface area (Å²) in [5.41, 5.74) is 0.398. The minimum atomic E-state index is 0.398. The van der Waals surface area contributed by atoms with Crippen LogP contribution in [0.1, 0.15) is 58.8 Å². The lowest BCUT2D eigenvalue weighted by atomic mass is 9.92. The molecule has 2 heteroatoms. The number of hydrogen-bond donors (Lipinski definition) is 1. The number of nitrogens with zero attached hydrogens (tertiary/aromatic N) is 1. The zero-order chi connectivity index (χ0) is 12.1. The monoisotopic (exact) mass is 238 g/mol. The molecule has 1 heterocycles. The molecule has 1 aliphatic carbocycles. The van der Waals surface area contributed by atoms with Crippen molar-refractivity contribution >= 4 is 0 Å². The van der Waals surface area contributed by atoms with Crippen LogP contribution in [0.2, 0.25) is 0 Å². The summed E-state index contributed by atoms with van der Waals surface area (Å²) in [6.07, 6.45) is 9.78. The third-order valence-electron chi connectivity index (χ3n) is 5.02.